The molecule has 0 radical (unpaired) electrons. The maximum absolute atomic E-state index is 10.4. The van der Waals surface area contributed by atoms with E-state index < -0.39 is 0 Å². The molecule has 3 heteroatoms. The molecule has 0 spiro atoms. The van der Waals surface area contributed by atoms with E-state index in [2.05, 4.69) is 4.74 Å². The number of carbonyl (C=O) groups excluding carboxylic acids is 1. The highest BCUT2D eigenvalue weighted by Gasteiger charge is 1.93. The van der Waals surface area contributed by atoms with Crippen LogP contribution in [0.2, 0.25) is 0 Å². The van der Waals surface area contributed by atoms with Gasteiger partial charge in [-0.15, -0.1) is 0 Å². The zero-order valence-corrected chi connectivity index (χ0v) is 6.39. The van der Waals surface area contributed by atoms with Crippen molar-refractivity contribution in [1.82, 2.24) is 0 Å². The molecule has 0 amide bonds. The summed E-state index contributed by atoms with van der Waals surface area (Å²) in [6.07, 6.45) is 1.83. The van der Waals surface area contributed by atoms with Crippen LogP contribution in [-0.2, 0) is 9.53 Å². The van der Waals surface area contributed by atoms with Crippen LogP contribution >= 0.6 is 0 Å². The molecule has 0 aliphatic rings. The maximum atomic E-state index is 10.4. The van der Waals surface area contributed by atoms with Crippen molar-refractivity contribution in [3.63, 3.8) is 0 Å². The Morgan fingerprint density at radius 2 is 2.20 bits per heavy atom. The van der Waals surface area contributed by atoms with Crippen molar-refractivity contribution in [2.24, 2.45) is 5.73 Å². The van der Waals surface area contributed by atoms with Crippen molar-refractivity contribution in [3.05, 3.63) is 11.6 Å². The van der Waals surface area contributed by atoms with E-state index in [9.17, 15) is 4.79 Å². The molecule has 0 atom stereocenters. The van der Waals surface area contributed by atoms with Crippen molar-refractivity contribution >= 4 is 5.97 Å². The SMILES string of the molecule is CC(C)=CCOC(=O)CN. The van der Waals surface area contributed by atoms with Gasteiger partial charge >= 0.3 is 5.97 Å². The topological polar surface area (TPSA) is 52.3 Å². The van der Waals surface area contributed by atoms with E-state index >= 15 is 0 Å². The van der Waals surface area contributed by atoms with Crippen molar-refractivity contribution < 1.29 is 9.53 Å². The van der Waals surface area contributed by atoms with Crippen molar-refractivity contribution in [2.75, 3.05) is 13.2 Å². The second-order valence-corrected chi connectivity index (χ2v) is 2.17. The van der Waals surface area contributed by atoms with E-state index in [1.165, 1.54) is 0 Å². The summed E-state index contributed by atoms with van der Waals surface area (Å²) in [7, 11) is 0. The molecule has 0 aromatic carbocycles. The van der Waals surface area contributed by atoms with Crippen LogP contribution in [0.25, 0.3) is 0 Å². The number of hydrogen-bond donors (Lipinski definition) is 1. The molecule has 0 bridgehead atoms. The number of carbonyl (C=O) groups is 1. The van der Waals surface area contributed by atoms with Crippen LogP contribution in [0.3, 0.4) is 0 Å². The van der Waals surface area contributed by atoms with Gasteiger partial charge in [-0.05, 0) is 19.9 Å². The van der Waals surface area contributed by atoms with Gasteiger partial charge in [0.1, 0.15) is 6.61 Å². The molecule has 10 heavy (non-hydrogen) atoms. The minimum atomic E-state index is -0.363. The number of allylic oxidation sites excluding steroid dienone is 1. The quantitative estimate of drug-likeness (QED) is 0.461. The molecule has 0 unspecified atom stereocenters. The first kappa shape index (κ1) is 9.17. The Kier molecular flexibility index (Phi) is 4.58. The maximum Gasteiger partial charge on any atom is 0.320 e. The van der Waals surface area contributed by atoms with Crippen LogP contribution in [0.4, 0.5) is 0 Å². The van der Waals surface area contributed by atoms with E-state index in [1.807, 2.05) is 19.9 Å². The first-order valence-electron chi connectivity index (χ1n) is 3.16. The van der Waals surface area contributed by atoms with Crippen LogP contribution in [0, 0.1) is 0 Å². The van der Waals surface area contributed by atoms with Gasteiger partial charge in [-0.1, -0.05) is 5.57 Å². The van der Waals surface area contributed by atoms with Crippen LogP contribution in [0.5, 0.6) is 0 Å². The molecule has 0 saturated heterocycles. The molecule has 0 saturated carbocycles. The molecule has 0 aliphatic carbocycles. The highest BCUT2D eigenvalue weighted by atomic mass is 16.5. The predicted molar refractivity (Wildman–Crippen MR) is 39.4 cm³/mol. The smallest absolute Gasteiger partial charge is 0.320 e. The second kappa shape index (κ2) is 4.99. The zero-order valence-electron chi connectivity index (χ0n) is 6.39. The van der Waals surface area contributed by atoms with E-state index in [-0.39, 0.29) is 12.5 Å². The van der Waals surface area contributed by atoms with Gasteiger partial charge in [0.15, 0.2) is 0 Å². The van der Waals surface area contributed by atoms with Gasteiger partial charge in [0, 0.05) is 0 Å². The van der Waals surface area contributed by atoms with Crippen molar-refractivity contribution in [1.29, 1.82) is 0 Å². The van der Waals surface area contributed by atoms with Gasteiger partial charge in [0.2, 0.25) is 0 Å². The predicted octanol–water partition coefficient (Wildman–Crippen LogP) is 0.455. The average Bonchev–Trinajstić information content (AvgIpc) is 1.87. The Balaban J connectivity index is 3.37. The molecule has 0 heterocycles. The standard InChI is InChI=1S/C7H13NO2/c1-6(2)3-4-10-7(9)5-8/h3H,4-5,8H2,1-2H3. The van der Waals surface area contributed by atoms with Gasteiger partial charge in [0.05, 0.1) is 6.54 Å². The molecular weight excluding hydrogens is 130 g/mol. The van der Waals surface area contributed by atoms with Gasteiger partial charge in [-0.3, -0.25) is 4.79 Å². The minimum absolute atomic E-state index is 0.0450. The summed E-state index contributed by atoms with van der Waals surface area (Å²) in [5.74, 6) is -0.363. The third-order valence-corrected chi connectivity index (χ3v) is 0.903. The first-order chi connectivity index (χ1) is 4.66. The van der Waals surface area contributed by atoms with E-state index in [0.717, 1.165) is 5.57 Å². The number of nitrogens with two attached hydrogens (primary N) is 1. The minimum Gasteiger partial charge on any atom is -0.461 e. The summed E-state index contributed by atoms with van der Waals surface area (Å²) < 4.78 is 4.66. The monoisotopic (exact) mass is 143 g/mol. The molecule has 0 aromatic rings. The van der Waals surface area contributed by atoms with Gasteiger partial charge in [-0.2, -0.15) is 0 Å². The molecule has 3 nitrogen and oxygen atoms in total. The van der Waals surface area contributed by atoms with Gasteiger partial charge in [0.25, 0.3) is 0 Å². The highest BCUT2D eigenvalue weighted by Crippen LogP contribution is 1.87. The fourth-order valence-corrected chi connectivity index (χ4v) is 0.360. The molecule has 0 aliphatic heterocycles. The molecule has 58 valence electrons. The van der Waals surface area contributed by atoms with Crippen LogP contribution < -0.4 is 5.73 Å². The van der Waals surface area contributed by atoms with Crippen LogP contribution in [0.1, 0.15) is 13.8 Å². The Morgan fingerprint density at radius 3 is 2.60 bits per heavy atom. The fraction of sp³-hybridized carbons (Fsp3) is 0.571. The average molecular weight is 143 g/mol. The third kappa shape index (κ3) is 5.31. The van der Waals surface area contributed by atoms with Crippen LogP contribution in [0.15, 0.2) is 11.6 Å². The summed E-state index contributed by atoms with van der Waals surface area (Å²) in [6, 6.07) is 0. The van der Waals surface area contributed by atoms with Gasteiger partial charge < -0.3 is 10.5 Å². The first-order valence-corrected chi connectivity index (χ1v) is 3.16. The lowest BCUT2D eigenvalue weighted by Crippen LogP contribution is -2.16. The normalized spacial score (nSPS) is 8.70. The summed E-state index contributed by atoms with van der Waals surface area (Å²) in [5.41, 5.74) is 6.12. The van der Waals surface area contributed by atoms with E-state index in [4.69, 9.17) is 5.73 Å². The highest BCUT2D eigenvalue weighted by molar-refractivity contribution is 5.71. The molecular formula is C7H13NO2. The molecule has 0 fully saturated rings. The van der Waals surface area contributed by atoms with Gasteiger partial charge in [-0.25, -0.2) is 0 Å². The Hall–Kier alpha value is -0.830. The number of ether oxygens (including phenoxy) is 1. The lowest BCUT2D eigenvalue weighted by Gasteiger charge is -1.97. The Labute approximate surface area is 60.9 Å². The number of rotatable bonds is 3. The lowest BCUT2D eigenvalue weighted by molar-refractivity contribution is -0.140. The second-order valence-electron chi connectivity index (χ2n) is 2.17. The Morgan fingerprint density at radius 1 is 1.60 bits per heavy atom. The third-order valence-electron chi connectivity index (χ3n) is 0.903. The largest absolute Gasteiger partial charge is 0.461 e. The van der Waals surface area contributed by atoms with Crippen LogP contribution in [-0.4, -0.2) is 19.1 Å². The number of hydrogen-bond acceptors (Lipinski definition) is 3. The zero-order chi connectivity index (χ0) is 7.98. The molecule has 2 N–H and O–H groups in total. The summed E-state index contributed by atoms with van der Waals surface area (Å²) in [5, 5.41) is 0. The number of esters is 1. The molecule has 0 rings (SSSR count). The van der Waals surface area contributed by atoms with Crippen molar-refractivity contribution in [2.45, 2.75) is 13.8 Å². The Bertz CT molecular complexity index is 137. The van der Waals surface area contributed by atoms with E-state index in [0.29, 0.717) is 6.61 Å². The fourth-order valence-electron chi connectivity index (χ4n) is 0.360. The molecule has 0 aromatic heterocycles. The summed E-state index contributed by atoms with van der Waals surface area (Å²) in [6.45, 7) is 4.17. The lowest BCUT2D eigenvalue weighted by atomic mass is 10.3. The van der Waals surface area contributed by atoms with Crippen molar-refractivity contribution in [3.8, 4) is 0 Å². The summed E-state index contributed by atoms with van der Waals surface area (Å²) in [4.78, 5) is 10.4. The summed E-state index contributed by atoms with van der Waals surface area (Å²) >= 11 is 0. The van der Waals surface area contributed by atoms with E-state index in [1.54, 1.807) is 0 Å².